The first-order chi connectivity index (χ1) is 22.0. The summed E-state index contributed by atoms with van der Waals surface area (Å²) in [7, 11) is 3.41. The highest BCUT2D eigenvalue weighted by Gasteiger charge is 2.61. The van der Waals surface area contributed by atoms with E-state index in [0.29, 0.717) is 36.6 Å². The maximum atomic E-state index is 13.8. The van der Waals surface area contributed by atoms with E-state index in [1.165, 1.54) is 11.3 Å². The molecular formula is C35H42N4O6S. The molecule has 6 rings (SSSR count). The average molecular weight is 647 g/mol. The Bertz CT molecular complexity index is 1700. The average Bonchev–Trinajstić information content (AvgIpc) is 3.33. The lowest BCUT2D eigenvalue weighted by Crippen LogP contribution is -2.49. The van der Waals surface area contributed by atoms with E-state index >= 15 is 0 Å². The quantitative estimate of drug-likeness (QED) is 0.325. The van der Waals surface area contributed by atoms with Gasteiger partial charge in [0.2, 0.25) is 11.8 Å². The van der Waals surface area contributed by atoms with Gasteiger partial charge in [0.1, 0.15) is 33.8 Å². The number of ether oxygens (including phenoxy) is 2. The number of carboxylic acids is 1. The minimum Gasteiger partial charge on any atom is -0.496 e. The molecule has 2 amide bonds. The van der Waals surface area contributed by atoms with Crippen molar-refractivity contribution in [3.8, 4) is 22.2 Å². The maximum absolute atomic E-state index is 13.8. The van der Waals surface area contributed by atoms with Crippen LogP contribution in [0.25, 0.3) is 21.6 Å². The predicted molar refractivity (Wildman–Crippen MR) is 176 cm³/mol. The van der Waals surface area contributed by atoms with Gasteiger partial charge in [-0.2, -0.15) is 0 Å². The number of amides is 2. The second-order valence-electron chi connectivity index (χ2n) is 13.2. The van der Waals surface area contributed by atoms with Gasteiger partial charge < -0.3 is 24.8 Å². The van der Waals surface area contributed by atoms with Crippen molar-refractivity contribution in [2.24, 2.45) is 17.8 Å². The molecule has 2 aromatic heterocycles. The third-order valence-electron chi connectivity index (χ3n) is 9.77. The zero-order valence-electron chi connectivity index (χ0n) is 27.0. The second kappa shape index (κ2) is 12.7. The summed E-state index contributed by atoms with van der Waals surface area (Å²) in [4.78, 5) is 51.5. The highest BCUT2D eigenvalue weighted by molar-refractivity contribution is 7.13. The summed E-state index contributed by atoms with van der Waals surface area (Å²) in [6.07, 6.45) is 6.97. The van der Waals surface area contributed by atoms with Crippen molar-refractivity contribution in [1.82, 2.24) is 20.2 Å². The number of benzene rings is 1. The Morgan fingerprint density at radius 3 is 2.65 bits per heavy atom. The van der Waals surface area contributed by atoms with Crippen LogP contribution >= 0.6 is 11.3 Å². The standard InChI is InChI=1S/C35H42N4O6S/c1-19(2)27-18-46-32(37-27)26-16-29(23-11-12-28(44-5)20(3)30(23)36-26)45-22-14-24-25(15-22)33(41)39(4)13-9-7-6-8-10-21-17-35(21,34(42)43)38-31(24)40/h8,10-12,16,18-19,21-22,24-25H,6-7,9,13-15,17H2,1-5H3,(H,38,40)(H,42,43)/b10-8-/t21-,22-,24?,25-,35-/m1/s1. The van der Waals surface area contributed by atoms with Crippen molar-refractivity contribution in [3.05, 3.63) is 47.0 Å². The molecule has 2 N–H and O–H groups in total. The molecule has 3 heterocycles. The van der Waals surface area contributed by atoms with Crippen molar-refractivity contribution in [2.45, 2.75) is 76.9 Å². The van der Waals surface area contributed by atoms with Crippen molar-refractivity contribution < 1.29 is 29.0 Å². The number of thiazole rings is 1. The van der Waals surface area contributed by atoms with Crippen LogP contribution in [0.1, 0.15) is 69.5 Å². The molecule has 2 aliphatic carbocycles. The number of hydrogen-bond donors (Lipinski definition) is 2. The van der Waals surface area contributed by atoms with Gasteiger partial charge in [0.05, 0.1) is 30.2 Å². The molecule has 1 unspecified atom stereocenters. The van der Waals surface area contributed by atoms with Crippen LogP contribution in [-0.4, -0.2) is 70.1 Å². The fraction of sp³-hybridized carbons (Fsp3) is 0.514. The lowest BCUT2D eigenvalue weighted by Gasteiger charge is -2.26. The second-order valence-corrected chi connectivity index (χ2v) is 14.1. The summed E-state index contributed by atoms with van der Waals surface area (Å²) in [5, 5.41) is 16.6. The highest BCUT2D eigenvalue weighted by atomic mass is 32.1. The Hall–Kier alpha value is -3.99. The van der Waals surface area contributed by atoms with E-state index < -0.39 is 35.4 Å². The first kappa shape index (κ1) is 32.0. The zero-order chi connectivity index (χ0) is 32.7. The molecule has 1 aromatic carbocycles. The Kier molecular flexibility index (Phi) is 8.80. The minimum absolute atomic E-state index is 0.111. The van der Waals surface area contributed by atoms with Gasteiger partial charge in [-0.05, 0) is 63.5 Å². The van der Waals surface area contributed by atoms with Crippen molar-refractivity contribution in [2.75, 3.05) is 20.7 Å². The zero-order valence-corrected chi connectivity index (χ0v) is 27.9. The third-order valence-corrected chi connectivity index (χ3v) is 10.7. The fourth-order valence-electron chi connectivity index (χ4n) is 6.85. The monoisotopic (exact) mass is 646 g/mol. The van der Waals surface area contributed by atoms with E-state index in [1.54, 1.807) is 19.1 Å². The highest BCUT2D eigenvalue weighted by Crippen LogP contribution is 2.47. The minimum atomic E-state index is -1.33. The molecule has 0 spiro atoms. The summed E-state index contributed by atoms with van der Waals surface area (Å²) < 4.78 is 12.3. The number of carboxylic acid groups (broad SMARTS) is 1. The van der Waals surface area contributed by atoms with Crippen LogP contribution in [0.4, 0.5) is 0 Å². The smallest absolute Gasteiger partial charge is 0.330 e. The number of aryl methyl sites for hydroxylation is 1. The van der Waals surface area contributed by atoms with Crippen molar-refractivity contribution >= 4 is 40.0 Å². The number of rotatable bonds is 6. The number of fused-ring (bicyclic) bond motifs is 3. The Balaban J connectivity index is 1.35. The molecule has 0 bridgehead atoms. The predicted octanol–water partition coefficient (Wildman–Crippen LogP) is 5.73. The number of carbonyl (C=O) groups is 3. The Morgan fingerprint density at radius 1 is 1.15 bits per heavy atom. The first-order valence-corrected chi connectivity index (χ1v) is 17.0. The summed E-state index contributed by atoms with van der Waals surface area (Å²) in [6.45, 7) is 6.75. The molecule has 0 saturated heterocycles. The van der Waals surface area contributed by atoms with E-state index in [4.69, 9.17) is 19.4 Å². The number of hydrogen-bond acceptors (Lipinski definition) is 8. The van der Waals surface area contributed by atoms with Gasteiger partial charge in [-0.1, -0.05) is 26.0 Å². The van der Waals surface area contributed by atoms with Gasteiger partial charge in [-0.15, -0.1) is 11.3 Å². The van der Waals surface area contributed by atoms with Crippen LogP contribution < -0.4 is 14.8 Å². The topological polar surface area (TPSA) is 131 Å². The van der Waals surface area contributed by atoms with Crippen LogP contribution in [0, 0.1) is 24.7 Å². The maximum Gasteiger partial charge on any atom is 0.330 e. The van der Waals surface area contributed by atoms with Gasteiger partial charge in [0.15, 0.2) is 0 Å². The number of carbonyl (C=O) groups excluding carboxylic acids is 2. The first-order valence-electron chi connectivity index (χ1n) is 16.1. The van der Waals surface area contributed by atoms with Crippen LogP contribution in [0.15, 0.2) is 35.7 Å². The Labute approximate surface area is 273 Å². The molecule has 3 aromatic rings. The lowest BCUT2D eigenvalue weighted by molar-refractivity contribution is -0.145. The van der Waals surface area contributed by atoms with Crippen LogP contribution in [0.5, 0.6) is 11.5 Å². The van der Waals surface area contributed by atoms with Crippen molar-refractivity contribution in [1.29, 1.82) is 0 Å². The van der Waals surface area contributed by atoms with Gasteiger partial charge in [-0.3, -0.25) is 9.59 Å². The van der Waals surface area contributed by atoms with E-state index in [9.17, 15) is 19.5 Å². The molecule has 0 radical (unpaired) electrons. The number of aliphatic carboxylic acids is 1. The van der Waals surface area contributed by atoms with Crippen molar-refractivity contribution in [3.63, 3.8) is 0 Å². The lowest BCUT2D eigenvalue weighted by atomic mass is 9.93. The van der Waals surface area contributed by atoms with Crippen LogP contribution in [0.3, 0.4) is 0 Å². The van der Waals surface area contributed by atoms with Gasteiger partial charge >= 0.3 is 5.97 Å². The molecule has 46 heavy (non-hydrogen) atoms. The van der Waals surface area contributed by atoms with Crippen LogP contribution in [-0.2, 0) is 14.4 Å². The third kappa shape index (κ3) is 5.97. The summed E-state index contributed by atoms with van der Waals surface area (Å²) in [6, 6.07) is 5.70. The summed E-state index contributed by atoms with van der Waals surface area (Å²) >= 11 is 1.53. The van der Waals surface area contributed by atoms with Gasteiger partial charge in [0.25, 0.3) is 0 Å². The SMILES string of the molecule is COc1ccc2c(O[C@@H]3CC4C(=O)N[C@]5(C(=O)O)C[C@H]5/C=C\CCCCN(C)C(=O)[C@@H]4C3)cc(-c3nc(C(C)C)cs3)nc2c1C. The number of allylic oxidation sites excluding steroid dienone is 1. The molecule has 11 heteroatoms. The summed E-state index contributed by atoms with van der Waals surface area (Å²) in [5.74, 6) is -1.58. The van der Waals surface area contributed by atoms with E-state index in [0.717, 1.165) is 46.4 Å². The molecule has 5 atom stereocenters. The molecule has 2 fully saturated rings. The summed E-state index contributed by atoms with van der Waals surface area (Å²) in [5.41, 5.74) is 1.94. The fourth-order valence-corrected chi connectivity index (χ4v) is 7.79. The molecular weight excluding hydrogens is 604 g/mol. The number of pyridine rings is 1. The van der Waals surface area contributed by atoms with Gasteiger partial charge in [0, 0.05) is 41.9 Å². The molecule has 3 aliphatic rings. The van der Waals surface area contributed by atoms with Crippen LogP contribution in [0.2, 0.25) is 0 Å². The van der Waals surface area contributed by atoms with E-state index in [2.05, 4.69) is 19.2 Å². The number of nitrogens with one attached hydrogen (secondary N) is 1. The largest absolute Gasteiger partial charge is 0.496 e. The van der Waals surface area contributed by atoms with E-state index in [1.807, 2.05) is 42.7 Å². The number of nitrogens with zero attached hydrogens (tertiary/aromatic N) is 3. The van der Waals surface area contributed by atoms with E-state index in [-0.39, 0.29) is 24.2 Å². The van der Waals surface area contributed by atoms with Gasteiger partial charge in [-0.25, -0.2) is 14.8 Å². The molecule has 2 saturated carbocycles. The molecule has 244 valence electrons. The molecule has 10 nitrogen and oxygen atoms in total. The number of methoxy groups -OCH3 is 1. The number of aromatic nitrogens is 2. The normalized spacial score (nSPS) is 27.5. The molecule has 1 aliphatic heterocycles. The Morgan fingerprint density at radius 2 is 1.93 bits per heavy atom.